The molecule has 2 rings (SSSR count). The SMILES string of the molecule is CNCC1CCCCN1S(=O)(=O)N(C)Cc1ccccc1. The second kappa shape index (κ2) is 7.35. The molecular formula is C15H25N3O2S. The van der Waals surface area contributed by atoms with Gasteiger partial charge in [0.1, 0.15) is 0 Å². The van der Waals surface area contributed by atoms with E-state index in [1.807, 2.05) is 37.4 Å². The highest BCUT2D eigenvalue weighted by molar-refractivity contribution is 7.86. The Kier molecular flexibility index (Phi) is 5.75. The number of benzene rings is 1. The van der Waals surface area contributed by atoms with E-state index in [0.717, 1.165) is 24.8 Å². The van der Waals surface area contributed by atoms with Crippen molar-refractivity contribution in [1.29, 1.82) is 0 Å². The van der Waals surface area contributed by atoms with Gasteiger partial charge in [0, 0.05) is 32.7 Å². The third kappa shape index (κ3) is 4.03. The molecule has 0 bridgehead atoms. The molecule has 1 aliphatic rings. The Hall–Kier alpha value is -0.950. The lowest BCUT2D eigenvalue weighted by atomic mass is 10.1. The van der Waals surface area contributed by atoms with Gasteiger partial charge in [0.2, 0.25) is 0 Å². The number of hydrogen-bond acceptors (Lipinski definition) is 3. The Morgan fingerprint density at radius 2 is 2.00 bits per heavy atom. The highest BCUT2D eigenvalue weighted by Crippen LogP contribution is 2.22. The lowest BCUT2D eigenvalue weighted by molar-refractivity contribution is 0.232. The van der Waals surface area contributed by atoms with Crippen molar-refractivity contribution in [2.24, 2.45) is 0 Å². The third-order valence-corrected chi connectivity index (χ3v) is 5.94. The number of rotatable bonds is 6. The highest BCUT2D eigenvalue weighted by atomic mass is 32.2. The monoisotopic (exact) mass is 311 g/mol. The Labute approximate surface area is 128 Å². The second-order valence-electron chi connectivity index (χ2n) is 5.57. The first-order chi connectivity index (χ1) is 10.1. The quantitative estimate of drug-likeness (QED) is 0.865. The summed E-state index contributed by atoms with van der Waals surface area (Å²) in [5.74, 6) is 0. The fraction of sp³-hybridized carbons (Fsp3) is 0.600. The largest absolute Gasteiger partial charge is 0.318 e. The fourth-order valence-electron chi connectivity index (χ4n) is 2.82. The van der Waals surface area contributed by atoms with Gasteiger partial charge in [-0.3, -0.25) is 0 Å². The van der Waals surface area contributed by atoms with Gasteiger partial charge in [-0.25, -0.2) is 0 Å². The number of nitrogens with zero attached hydrogens (tertiary/aromatic N) is 2. The summed E-state index contributed by atoms with van der Waals surface area (Å²) in [5, 5.41) is 3.10. The minimum Gasteiger partial charge on any atom is -0.318 e. The molecule has 6 heteroatoms. The van der Waals surface area contributed by atoms with Crippen molar-refractivity contribution in [2.45, 2.75) is 31.8 Å². The van der Waals surface area contributed by atoms with Crippen molar-refractivity contribution in [3.63, 3.8) is 0 Å². The molecule has 1 unspecified atom stereocenters. The molecule has 1 saturated heterocycles. The summed E-state index contributed by atoms with van der Waals surface area (Å²) in [6, 6.07) is 9.76. The van der Waals surface area contributed by atoms with E-state index in [9.17, 15) is 8.42 Å². The van der Waals surface area contributed by atoms with E-state index in [-0.39, 0.29) is 6.04 Å². The van der Waals surface area contributed by atoms with Gasteiger partial charge in [-0.05, 0) is 25.5 Å². The van der Waals surface area contributed by atoms with Crippen LogP contribution in [0.2, 0.25) is 0 Å². The van der Waals surface area contributed by atoms with Gasteiger partial charge < -0.3 is 5.32 Å². The van der Waals surface area contributed by atoms with Crippen molar-refractivity contribution in [2.75, 3.05) is 27.2 Å². The normalized spacial score (nSPS) is 20.8. The van der Waals surface area contributed by atoms with Crippen molar-refractivity contribution in [3.05, 3.63) is 35.9 Å². The first-order valence-corrected chi connectivity index (χ1v) is 8.87. The van der Waals surface area contributed by atoms with Crippen LogP contribution in [0.25, 0.3) is 0 Å². The van der Waals surface area contributed by atoms with E-state index >= 15 is 0 Å². The molecule has 0 amide bonds. The van der Waals surface area contributed by atoms with Crippen LogP contribution in [-0.4, -0.2) is 50.3 Å². The summed E-state index contributed by atoms with van der Waals surface area (Å²) in [6.07, 6.45) is 2.97. The molecule has 1 aromatic carbocycles. The number of hydrogen-bond donors (Lipinski definition) is 1. The van der Waals surface area contributed by atoms with E-state index in [2.05, 4.69) is 5.32 Å². The molecule has 0 aliphatic carbocycles. The summed E-state index contributed by atoms with van der Waals surface area (Å²) in [4.78, 5) is 0. The van der Waals surface area contributed by atoms with Gasteiger partial charge >= 0.3 is 0 Å². The van der Waals surface area contributed by atoms with Crippen molar-refractivity contribution in [3.8, 4) is 0 Å². The van der Waals surface area contributed by atoms with E-state index in [0.29, 0.717) is 19.6 Å². The molecule has 1 N–H and O–H groups in total. The summed E-state index contributed by atoms with van der Waals surface area (Å²) < 4.78 is 28.7. The van der Waals surface area contributed by atoms with Crippen LogP contribution in [0.5, 0.6) is 0 Å². The molecule has 1 fully saturated rings. The first-order valence-electron chi connectivity index (χ1n) is 7.47. The van der Waals surface area contributed by atoms with Crippen LogP contribution < -0.4 is 5.32 Å². The Morgan fingerprint density at radius 1 is 1.29 bits per heavy atom. The Balaban J connectivity index is 2.11. The maximum atomic E-state index is 12.8. The lowest BCUT2D eigenvalue weighted by Crippen LogP contribution is -2.52. The molecular weight excluding hydrogens is 286 g/mol. The third-order valence-electron chi connectivity index (χ3n) is 3.95. The minimum absolute atomic E-state index is 0.0620. The summed E-state index contributed by atoms with van der Waals surface area (Å²) in [5.41, 5.74) is 1.01. The van der Waals surface area contributed by atoms with Crippen LogP contribution in [-0.2, 0) is 16.8 Å². The predicted molar refractivity (Wildman–Crippen MR) is 85.1 cm³/mol. The zero-order valence-corrected chi connectivity index (χ0v) is 13.6. The van der Waals surface area contributed by atoms with Gasteiger partial charge in [0.15, 0.2) is 0 Å². The van der Waals surface area contributed by atoms with E-state index in [4.69, 9.17) is 0 Å². The Morgan fingerprint density at radius 3 is 2.67 bits per heavy atom. The van der Waals surface area contributed by atoms with Crippen LogP contribution in [0.1, 0.15) is 24.8 Å². The van der Waals surface area contributed by atoms with Gasteiger partial charge in [-0.2, -0.15) is 17.0 Å². The van der Waals surface area contributed by atoms with Gasteiger partial charge in [0.25, 0.3) is 10.2 Å². The second-order valence-corrected chi connectivity index (χ2v) is 7.56. The topological polar surface area (TPSA) is 52.7 Å². The molecule has 0 saturated carbocycles. The Bertz CT molecular complexity index is 531. The highest BCUT2D eigenvalue weighted by Gasteiger charge is 2.34. The average Bonchev–Trinajstić information content (AvgIpc) is 2.49. The molecule has 0 spiro atoms. The smallest absolute Gasteiger partial charge is 0.282 e. The molecule has 1 atom stereocenters. The standard InChI is InChI=1S/C15H25N3O2S/c1-16-12-15-10-6-7-11-18(15)21(19,20)17(2)13-14-8-4-3-5-9-14/h3-5,8-9,15-16H,6-7,10-13H2,1-2H3. The molecule has 1 heterocycles. The maximum Gasteiger partial charge on any atom is 0.282 e. The fourth-order valence-corrected chi connectivity index (χ4v) is 4.41. The number of piperidine rings is 1. The summed E-state index contributed by atoms with van der Waals surface area (Å²) in [6.45, 7) is 1.73. The van der Waals surface area contributed by atoms with Crippen LogP contribution in [0.4, 0.5) is 0 Å². The van der Waals surface area contributed by atoms with Crippen molar-refractivity contribution >= 4 is 10.2 Å². The molecule has 1 aromatic rings. The molecule has 5 nitrogen and oxygen atoms in total. The van der Waals surface area contributed by atoms with Crippen molar-refractivity contribution in [1.82, 2.24) is 13.9 Å². The van der Waals surface area contributed by atoms with Crippen LogP contribution in [0.15, 0.2) is 30.3 Å². The van der Waals surface area contributed by atoms with E-state index in [1.165, 1.54) is 4.31 Å². The maximum absolute atomic E-state index is 12.8. The van der Waals surface area contributed by atoms with Crippen molar-refractivity contribution < 1.29 is 8.42 Å². The van der Waals surface area contributed by atoms with Gasteiger partial charge in [-0.1, -0.05) is 36.8 Å². The average molecular weight is 311 g/mol. The van der Waals surface area contributed by atoms with Gasteiger partial charge in [0.05, 0.1) is 0 Å². The number of nitrogens with one attached hydrogen (secondary N) is 1. The van der Waals surface area contributed by atoms with E-state index < -0.39 is 10.2 Å². The molecule has 21 heavy (non-hydrogen) atoms. The van der Waals surface area contributed by atoms with Crippen LogP contribution in [0.3, 0.4) is 0 Å². The van der Waals surface area contributed by atoms with E-state index in [1.54, 1.807) is 11.4 Å². The lowest BCUT2D eigenvalue weighted by Gasteiger charge is -2.37. The summed E-state index contributed by atoms with van der Waals surface area (Å²) >= 11 is 0. The summed E-state index contributed by atoms with van der Waals surface area (Å²) in [7, 11) is 0.123. The molecule has 118 valence electrons. The zero-order chi connectivity index (χ0) is 15.3. The molecule has 0 aromatic heterocycles. The zero-order valence-electron chi connectivity index (χ0n) is 12.8. The molecule has 1 aliphatic heterocycles. The predicted octanol–water partition coefficient (Wildman–Crippen LogP) is 1.44. The van der Waals surface area contributed by atoms with Gasteiger partial charge in [-0.15, -0.1) is 0 Å². The number of likely N-dealkylation sites (N-methyl/N-ethyl adjacent to an activating group) is 1. The van der Waals surface area contributed by atoms with Crippen LogP contribution >= 0.6 is 0 Å². The minimum atomic E-state index is -3.40. The molecule has 0 radical (unpaired) electrons. The first kappa shape index (κ1) is 16.4. The van der Waals surface area contributed by atoms with Crippen LogP contribution in [0, 0.1) is 0 Å².